The highest BCUT2D eigenvalue weighted by Crippen LogP contribution is 2.18. The zero-order valence-electron chi connectivity index (χ0n) is 17.6. The van der Waals surface area contributed by atoms with Crippen molar-refractivity contribution < 1.29 is 9.18 Å². The van der Waals surface area contributed by atoms with Gasteiger partial charge in [0, 0.05) is 35.2 Å². The van der Waals surface area contributed by atoms with Crippen LogP contribution < -0.4 is 16.0 Å². The molecule has 6 heteroatoms. The number of hydrogen-bond acceptors (Lipinski definition) is 4. The Bertz CT molecular complexity index is 1270. The van der Waals surface area contributed by atoms with Gasteiger partial charge in [-0.05, 0) is 72.0 Å². The first-order chi connectivity index (χ1) is 15.6. The smallest absolute Gasteiger partial charge is 0.248 e. The quantitative estimate of drug-likeness (QED) is 0.257. The molecule has 3 N–H and O–H groups in total. The van der Waals surface area contributed by atoms with Gasteiger partial charge in [-0.15, -0.1) is 0 Å². The van der Waals surface area contributed by atoms with Crippen molar-refractivity contribution in [3.05, 3.63) is 102 Å². The molecule has 4 rings (SSSR count). The van der Waals surface area contributed by atoms with E-state index in [2.05, 4.69) is 20.9 Å². The van der Waals surface area contributed by atoms with Gasteiger partial charge in [-0.1, -0.05) is 24.3 Å². The summed E-state index contributed by atoms with van der Waals surface area (Å²) in [5, 5.41) is 11.1. The Morgan fingerprint density at radius 1 is 0.938 bits per heavy atom. The van der Waals surface area contributed by atoms with Gasteiger partial charge in [0.05, 0.1) is 12.4 Å². The van der Waals surface area contributed by atoms with E-state index in [-0.39, 0.29) is 11.7 Å². The molecular formula is C26H23FN4O. The molecule has 0 bridgehead atoms. The van der Waals surface area contributed by atoms with E-state index >= 15 is 0 Å². The van der Waals surface area contributed by atoms with Crippen LogP contribution in [0, 0.1) is 12.7 Å². The van der Waals surface area contributed by atoms with Crippen LogP contribution in [-0.4, -0.2) is 17.6 Å². The summed E-state index contributed by atoms with van der Waals surface area (Å²) in [6.45, 7) is 2.31. The molecule has 0 spiro atoms. The Labute approximate surface area is 186 Å². The summed E-state index contributed by atoms with van der Waals surface area (Å²) in [4.78, 5) is 16.3. The standard InChI is InChI=1S/C26H23FN4O/c1-18-2-10-24(27)25(14-18)30-17-29-22-7-3-19(4-8-22)5-11-26(32)31-23-9-6-21-16-28-13-12-20(21)15-23/h2-16,29-30H,17H2,1H3,(H,31,32)/b11-5+. The van der Waals surface area contributed by atoms with Crippen LogP contribution in [0.25, 0.3) is 16.8 Å². The lowest BCUT2D eigenvalue weighted by atomic mass is 10.1. The minimum Gasteiger partial charge on any atom is -0.368 e. The monoisotopic (exact) mass is 426 g/mol. The molecule has 0 saturated heterocycles. The fourth-order valence-corrected chi connectivity index (χ4v) is 3.25. The minimum atomic E-state index is -0.281. The molecule has 4 aromatic rings. The van der Waals surface area contributed by atoms with Gasteiger partial charge in [0.1, 0.15) is 5.82 Å². The molecule has 1 amide bonds. The Hall–Kier alpha value is -4.19. The van der Waals surface area contributed by atoms with E-state index in [0.29, 0.717) is 12.4 Å². The molecule has 0 fully saturated rings. The van der Waals surface area contributed by atoms with Crippen LogP contribution in [0.1, 0.15) is 11.1 Å². The van der Waals surface area contributed by atoms with Gasteiger partial charge in [0.15, 0.2) is 0 Å². The molecule has 32 heavy (non-hydrogen) atoms. The van der Waals surface area contributed by atoms with E-state index in [0.717, 1.165) is 33.3 Å². The maximum Gasteiger partial charge on any atom is 0.248 e. The summed E-state index contributed by atoms with van der Waals surface area (Å²) in [5.41, 5.74) is 3.97. The molecule has 0 atom stereocenters. The molecule has 0 aliphatic rings. The van der Waals surface area contributed by atoms with Crippen molar-refractivity contribution in [2.24, 2.45) is 0 Å². The maximum absolute atomic E-state index is 13.8. The van der Waals surface area contributed by atoms with E-state index in [1.165, 1.54) is 12.1 Å². The highest BCUT2D eigenvalue weighted by atomic mass is 19.1. The summed E-state index contributed by atoms with van der Waals surface area (Å²) in [6.07, 6.45) is 6.77. The van der Waals surface area contributed by atoms with E-state index in [1.807, 2.05) is 55.5 Å². The number of anilines is 3. The first kappa shape index (κ1) is 21.1. The normalized spacial score (nSPS) is 10.9. The Balaban J connectivity index is 1.29. The summed E-state index contributed by atoms with van der Waals surface area (Å²) in [7, 11) is 0. The van der Waals surface area contributed by atoms with E-state index in [1.54, 1.807) is 30.6 Å². The van der Waals surface area contributed by atoms with Gasteiger partial charge in [-0.2, -0.15) is 0 Å². The van der Waals surface area contributed by atoms with Gasteiger partial charge in [0.2, 0.25) is 5.91 Å². The van der Waals surface area contributed by atoms with E-state index < -0.39 is 0 Å². The number of carbonyl (C=O) groups excluding carboxylic acids is 1. The number of halogens is 1. The van der Waals surface area contributed by atoms with Crippen LogP contribution in [-0.2, 0) is 4.79 Å². The number of aromatic nitrogens is 1. The molecule has 0 aliphatic heterocycles. The highest BCUT2D eigenvalue weighted by molar-refractivity contribution is 6.03. The summed E-state index contributed by atoms with van der Waals surface area (Å²) < 4.78 is 13.8. The third-order valence-corrected chi connectivity index (χ3v) is 4.94. The molecule has 1 aromatic heterocycles. The van der Waals surface area contributed by atoms with Crippen molar-refractivity contribution in [3.8, 4) is 0 Å². The molecule has 0 unspecified atom stereocenters. The lowest BCUT2D eigenvalue weighted by Gasteiger charge is -2.11. The second-order valence-corrected chi connectivity index (χ2v) is 7.40. The summed E-state index contributed by atoms with van der Waals surface area (Å²) in [6, 6.07) is 20.2. The molecule has 0 aliphatic carbocycles. The van der Waals surface area contributed by atoms with Crippen LogP contribution in [0.2, 0.25) is 0 Å². The van der Waals surface area contributed by atoms with Gasteiger partial charge >= 0.3 is 0 Å². The molecule has 3 aromatic carbocycles. The number of benzene rings is 3. The van der Waals surface area contributed by atoms with E-state index in [4.69, 9.17) is 0 Å². The number of hydrogen-bond donors (Lipinski definition) is 3. The average molecular weight is 426 g/mol. The van der Waals surface area contributed by atoms with Gasteiger partial charge in [0.25, 0.3) is 0 Å². The SMILES string of the molecule is Cc1ccc(F)c(NCNc2ccc(/C=C/C(=O)Nc3ccc4cnccc4c3)cc2)c1. The van der Waals surface area contributed by atoms with Crippen molar-refractivity contribution >= 4 is 39.8 Å². The number of pyridine rings is 1. The number of aryl methyl sites for hydroxylation is 1. The van der Waals surface area contributed by atoms with Crippen molar-refractivity contribution in [1.29, 1.82) is 0 Å². The second kappa shape index (κ2) is 9.75. The van der Waals surface area contributed by atoms with E-state index in [9.17, 15) is 9.18 Å². The fourth-order valence-electron chi connectivity index (χ4n) is 3.25. The predicted octanol–water partition coefficient (Wildman–Crippen LogP) is 5.82. The Kier molecular flexibility index (Phi) is 6.41. The number of fused-ring (bicyclic) bond motifs is 1. The third-order valence-electron chi connectivity index (χ3n) is 4.94. The van der Waals surface area contributed by atoms with Gasteiger partial charge in [-0.3, -0.25) is 9.78 Å². The topological polar surface area (TPSA) is 66.0 Å². The van der Waals surface area contributed by atoms with Crippen LogP contribution in [0.3, 0.4) is 0 Å². The highest BCUT2D eigenvalue weighted by Gasteiger charge is 2.02. The Morgan fingerprint density at radius 2 is 1.75 bits per heavy atom. The summed E-state index contributed by atoms with van der Waals surface area (Å²) in [5.74, 6) is -0.484. The lowest BCUT2D eigenvalue weighted by molar-refractivity contribution is -0.111. The van der Waals surface area contributed by atoms with Crippen LogP contribution >= 0.6 is 0 Å². The first-order valence-corrected chi connectivity index (χ1v) is 10.2. The van der Waals surface area contributed by atoms with Crippen molar-refractivity contribution in [1.82, 2.24) is 4.98 Å². The predicted molar refractivity (Wildman–Crippen MR) is 129 cm³/mol. The van der Waals surface area contributed by atoms with Crippen molar-refractivity contribution in [2.45, 2.75) is 6.92 Å². The van der Waals surface area contributed by atoms with Gasteiger partial charge < -0.3 is 16.0 Å². The molecule has 0 saturated carbocycles. The first-order valence-electron chi connectivity index (χ1n) is 10.2. The largest absolute Gasteiger partial charge is 0.368 e. The van der Waals surface area contributed by atoms with Crippen LogP contribution in [0.15, 0.2) is 85.2 Å². The van der Waals surface area contributed by atoms with Crippen LogP contribution in [0.5, 0.6) is 0 Å². The molecule has 1 heterocycles. The molecule has 0 radical (unpaired) electrons. The zero-order chi connectivity index (χ0) is 22.3. The molecule has 160 valence electrons. The van der Waals surface area contributed by atoms with Crippen molar-refractivity contribution in [2.75, 3.05) is 22.6 Å². The zero-order valence-corrected chi connectivity index (χ0v) is 17.6. The minimum absolute atomic E-state index is 0.204. The Morgan fingerprint density at radius 3 is 2.59 bits per heavy atom. The number of nitrogens with zero attached hydrogens (tertiary/aromatic N) is 1. The van der Waals surface area contributed by atoms with Gasteiger partial charge in [-0.25, -0.2) is 4.39 Å². The molecular weight excluding hydrogens is 403 g/mol. The third kappa shape index (κ3) is 5.49. The number of carbonyl (C=O) groups is 1. The fraction of sp³-hybridized carbons (Fsp3) is 0.0769. The average Bonchev–Trinajstić information content (AvgIpc) is 2.81. The number of nitrogens with one attached hydrogen (secondary N) is 3. The maximum atomic E-state index is 13.8. The summed E-state index contributed by atoms with van der Waals surface area (Å²) >= 11 is 0. The molecule has 5 nitrogen and oxygen atoms in total. The lowest BCUT2D eigenvalue weighted by Crippen LogP contribution is -2.12. The second-order valence-electron chi connectivity index (χ2n) is 7.40. The number of rotatable bonds is 7. The van der Waals surface area contributed by atoms with Crippen LogP contribution in [0.4, 0.5) is 21.5 Å². The number of amides is 1. The van der Waals surface area contributed by atoms with Crippen molar-refractivity contribution in [3.63, 3.8) is 0 Å².